The predicted octanol–water partition coefficient (Wildman–Crippen LogP) is 8.02. The molecule has 0 aliphatic rings. The average Bonchev–Trinajstić information content (AvgIpc) is 3.28. The fourth-order valence-electron chi connectivity index (χ4n) is 5.38. The highest BCUT2D eigenvalue weighted by Crippen LogP contribution is 2.43. The maximum absolute atomic E-state index is 9.49. The van der Waals surface area contributed by atoms with E-state index in [1.54, 1.807) is 6.20 Å². The van der Waals surface area contributed by atoms with E-state index in [0.717, 1.165) is 27.7 Å². The topological polar surface area (TPSA) is 41.6 Å². The van der Waals surface area contributed by atoms with Crippen LogP contribution in [-0.4, -0.2) is 9.55 Å². The molecule has 0 radical (unpaired) electrons. The Labute approximate surface area is 202 Å². The lowest BCUT2D eigenvalue weighted by Gasteiger charge is -2.12. The summed E-state index contributed by atoms with van der Waals surface area (Å²) >= 11 is 0. The van der Waals surface area contributed by atoms with Crippen LogP contribution in [0.3, 0.4) is 0 Å². The van der Waals surface area contributed by atoms with E-state index in [1.807, 2.05) is 18.3 Å². The highest BCUT2D eigenvalue weighted by atomic mass is 15.0. The molecule has 2 heterocycles. The number of nitrogens with zero attached hydrogens (tertiary/aromatic N) is 3. The number of rotatable bonds is 2. The minimum atomic E-state index is 0.557. The van der Waals surface area contributed by atoms with Gasteiger partial charge in [-0.15, -0.1) is 0 Å². The second kappa shape index (κ2) is 7.55. The minimum Gasteiger partial charge on any atom is -0.309 e. The molecule has 0 atom stereocenters. The summed E-state index contributed by atoms with van der Waals surface area (Å²) in [6.45, 7) is 0. The lowest BCUT2D eigenvalue weighted by Crippen LogP contribution is -1.94. The molecule has 0 N–H and O–H groups in total. The summed E-state index contributed by atoms with van der Waals surface area (Å²) in [5.41, 5.74) is 6.00. The second-order valence-electron chi connectivity index (χ2n) is 8.79. The number of hydrogen-bond acceptors (Lipinski definition) is 2. The average molecular weight is 446 g/mol. The fourth-order valence-corrected chi connectivity index (χ4v) is 5.38. The summed E-state index contributed by atoms with van der Waals surface area (Å²) < 4.78 is 2.36. The largest absolute Gasteiger partial charge is 0.309 e. The molecule has 3 nitrogen and oxygen atoms in total. The van der Waals surface area contributed by atoms with Crippen LogP contribution in [0.15, 0.2) is 116 Å². The summed E-state index contributed by atoms with van der Waals surface area (Å²) in [4.78, 5) is 4.35. The third-order valence-corrected chi connectivity index (χ3v) is 6.86. The van der Waals surface area contributed by atoms with Crippen LogP contribution in [0.5, 0.6) is 0 Å². The number of pyridine rings is 1. The van der Waals surface area contributed by atoms with Gasteiger partial charge < -0.3 is 4.57 Å². The Balaban J connectivity index is 1.75. The standard InChI is InChI=1S/C32H19N3/c33-18-21-16-23(20-34-19-21)28-17-30-32(27-13-7-6-12-26(27)28)31-25-11-5-4-8-22(25)14-15-29(31)35(30)24-9-2-1-3-10-24/h1-17,19-20H. The molecule has 0 spiro atoms. The van der Waals surface area contributed by atoms with E-state index in [2.05, 4.69) is 107 Å². The first-order chi connectivity index (χ1) is 17.3. The monoisotopic (exact) mass is 445 g/mol. The van der Waals surface area contributed by atoms with E-state index in [-0.39, 0.29) is 0 Å². The van der Waals surface area contributed by atoms with Gasteiger partial charge in [-0.3, -0.25) is 4.98 Å². The van der Waals surface area contributed by atoms with Crippen LogP contribution in [0, 0.1) is 11.3 Å². The van der Waals surface area contributed by atoms with Crippen LogP contribution < -0.4 is 0 Å². The third kappa shape index (κ3) is 2.87. The number of hydrogen-bond donors (Lipinski definition) is 0. The lowest BCUT2D eigenvalue weighted by atomic mass is 9.94. The summed E-state index contributed by atoms with van der Waals surface area (Å²) in [5.74, 6) is 0. The fraction of sp³-hybridized carbons (Fsp3) is 0. The van der Waals surface area contributed by atoms with Gasteiger partial charge in [0, 0.05) is 34.4 Å². The first-order valence-corrected chi connectivity index (χ1v) is 11.6. The van der Waals surface area contributed by atoms with Crippen LogP contribution >= 0.6 is 0 Å². The van der Waals surface area contributed by atoms with Gasteiger partial charge in [0.2, 0.25) is 0 Å². The van der Waals surface area contributed by atoms with Crippen LogP contribution in [0.4, 0.5) is 0 Å². The molecule has 5 aromatic carbocycles. The van der Waals surface area contributed by atoms with E-state index in [1.165, 1.54) is 32.4 Å². The van der Waals surface area contributed by atoms with Gasteiger partial charge in [0.1, 0.15) is 6.07 Å². The predicted molar refractivity (Wildman–Crippen MR) is 144 cm³/mol. The Hall–Kier alpha value is -4.94. The highest BCUT2D eigenvalue weighted by molar-refractivity contribution is 6.30. The molecule has 162 valence electrons. The molecule has 0 saturated carbocycles. The number of fused-ring (bicyclic) bond motifs is 7. The molecule has 0 saturated heterocycles. The van der Waals surface area contributed by atoms with Crippen molar-refractivity contribution in [2.24, 2.45) is 0 Å². The normalized spacial score (nSPS) is 11.4. The molecule has 35 heavy (non-hydrogen) atoms. The summed E-state index contributed by atoms with van der Waals surface area (Å²) in [7, 11) is 0. The molecule has 7 aromatic rings. The molecular weight excluding hydrogens is 426 g/mol. The summed E-state index contributed by atoms with van der Waals surface area (Å²) in [6, 6.07) is 38.5. The van der Waals surface area contributed by atoms with E-state index in [0.29, 0.717) is 5.56 Å². The molecule has 0 bridgehead atoms. The number of aromatic nitrogens is 2. The van der Waals surface area contributed by atoms with Gasteiger partial charge in [0.15, 0.2) is 0 Å². The van der Waals surface area contributed by atoms with E-state index in [4.69, 9.17) is 0 Å². The van der Waals surface area contributed by atoms with Gasteiger partial charge in [-0.1, -0.05) is 72.8 Å². The smallest absolute Gasteiger partial charge is 0.101 e. The summed E-state index contributed by atoms with van der Waals surface area (Å²) in [6.07, 6.45) is 3.46. The molecule has 0 fully saturated rings. The van der Waals surface area contributed by atoms with Gasteiger partial charge >= 0.3 is 0 Å². The molecule has 0 unspecified atom stereocenters. The van der Waals surface area contributed by atoms with Crippen molar-refractivity contribution in [1.82, 2.24) is 9.55 Å². The van der Waals surface area contributed by atoms with Gasteiger partial charge in [-0.25, -0.2) is 0 Å². The lowest BCUT2D eigenvalue weighted by molar-refractivity contribution is 1.18. The summed E-state index contributed by atoms with van der Waals surface area (Å²) in [5, 5.41) is 16.8. The quantitative estimate of drug-likeness (QED) is 0.270. The van der Waals surface area contributed by atoms with Gasteiger partial charge in [0.25, 0.3) is 0 Å². The van der Waals surface area contributed by atoms with Crippen LogP contribution in [0.2, 0.25) is 0 Å². The molecule has 2 aromatic heterocycles. The zero-order valence-corrected chi connectivity index (χ0v) is 18.8. The molecule has 0 aliphatic carbocycles. The van der Waals surface area contributed by atoms with Crippen LogP contribution in [-0.2, 0) is 0 Å². The second-order valence-corrected chi connectivity index (χ2v) is 8.79. The van der Waals surface area contributed by atoms with Gasteiger partial charge in [0.05, 0.1) is 16.6 Å². The van der Waals surface area contributed by atoms with E-state index < -0.39 is 0 Å². The van der Waals surface area contributed by atoms with Crippen LogP contribution in [0.25, 0.3) is 60.2 Å². The maximum atomic E-state index is 9.49. The molecule has 0 aliphatic heterocycles. The Morgan fingerprint density at radius 1 is 0.629 bits per heavy atom. The minimum absolute atomic E-state index is 0.557. The molecule has 7 rings (SSSR count). The number of para-hydroxylation sites is 1. The van der Waals surface area contributed by atoms with Crippen molar-refractivity contribution >= 4 is 43.4 Å². The van der Waals surface area contributed by atoms with Gasteiger partial charge in [-0.2, -0.15) is 5.26 Å². The van der Waals surface area contributed by atoms with Gasteiger partial charge in [-0.05, 0) is 57.4 Å². The zero-order valence-electron chi connectivity index (χ0n) is 18.8. The first-order valence-electron chi connectivity index (χ1n) is 11.6. The van der Waals surface area contributed by atoms with E-state index >= 15 is 0 Å². The molecular formula is C32H19N3. The Kier molecular flexibility index (Phi) is 4.21. The third-order valence-electron chi connectivity index (χ3n) is 6.86. The van der Waals surface area contributed by atoms with Crippen molar-refractivity contribution < 1.29 is 0 Å². The van der Waals surface area contributed by atoms with Crippen molar-refractivity contribution in [2.75, 3.05) is 0 Å². The molecule has 3 heteroatoms. The number of nitriles is 1. The SMILES string of the molecule is N#Cc1cncc(-c2cc3c(c4ccccc24)c2c4ccccc4ccc2n3-c2ccccc2)c1. The van der Waals surface area contributed by atoms with Crippen molar-refractivity contribution in [1.29, 1.82) is 5.26 Å². The first kappa shape index (κ1) is 19.5. The van der Waals surface area contributed by atoms with Crippen molar-refractivity contribution in [3.05, 3.63) is 121 Å². The van der Waals surface area contributed by atoms with E-state index in [9.17, 15) is 5.26 Å². The Morgan fingerprint density at radius 2 is 1.34 bits per heavy atom. The highest BCUT2D eigenvalue weighted by Gasteiger charge is 2.19. The van der Waals surface area contributed by atoms with Crippen molar-refractivity contribution in [2.45, 2.75) is 0 Å². The number of benzene rings is 5. The zero-order chi connectivity index (χ0) is 23.4. The Bertz CT molecular complexity index is 1960. The maximum Gasteiger partial charge on any atom is 0.101 e. The Morgan fingerprint density at radius 3 is 2.17 bits per heavy atom. The van der Waals surface area contributed by atoms with Crippen LogP contribution in [0.1, 0.15) is 5.56 Å². The van der Waals surface area contributed by atoms with Crippen molar-refractivity contribution in [3.63, 3.8) is 0 Å². The van der Waals surface area contributed by atoms with Crippen molar-refractivity contribution in [3.8, 4) is 22.9 Å². The molecule has 0 amide bonds.